The fourth-order valence-corrected chi connectivity index (χ4v) is 5.05. The predicted octanol–water partition coefficient (Wildman–Crippen LogP) is -0.866. The van der Waals surface area contributed by atoms with Gasteiger partial charge in [0.1, 0.15) is 12.4 Å². The minimum absolute atomic E-state index is 0. The van der Waals surface area contributed by atoms with E-state index in [-0.39, 0.29) is 65.8 Å². The number of hydrogen-bond donors (Lipinski definition) is 0. The maximum atomic E-state index is 13.4. The van der Waals surface area contributed by atoms with E-state index in [9.17, 15) is 19.0 Å². The Morgan fingerprint density at radius 2 is 2.03 bits per heavy atom. The van der Waals surface area contributed by atoms with Crippen LogP contribution in [0.1, 0.15) is 30.0 Å². The molecule has 0 bridgehead atoms. The van der Waals surface area contributed by atoms with Gasteiger partial charge in [-0.25, -0.2) is 9.78 Å². The molecule has 0 N–H and O–H groups in total. The zero-order chi connectivity index (χ0) is 21.9. The molecule has 2 aliphatic heterocycles. The summed E-state index contributed by atoms with van der Waals surface area (Å²) in [5, 5.41) is 0.822. The number of esters is 1. The number of aromatic nitrogens is 2. The van der Waals surface area contributed by atoms with Crippen molar-refractivity contribution in [1.82, 2.24) is 9.55 Å². The summed E-state index contributed by atoms with van der Waals surface area (Å²) < 4.78 is 28.8. The maximum absolute atomic E-state index is 13.4. The normalized spacial score (nSPS) is 18.8. The molecule has 2 atom stereocenters. The third-order valence-corrected chi connectivity index (χ3v) is 6.41. The van der Waals surface area contributed by atoms with Gasteiger partial charge in [0.25, 0.3) is 5.56 Å². The van der Waals surface area contributed by atoms with Crippen LogP contribution in [0.3, 0.4) is 0 Å². The number of pyridine rings is 2. The van der Waals surface area contributed by atoms with E-state index in [0.717, 1.165) is 10.9 Å². The third-order valence-electron chi connectivity index (χ3n) is 5.94. The zero-order valence-corrected chi connectivity index (χ0v) is 20.6. The van der Waals surface area contributed by atoms with Gasteiger partial charge in [-0.2, -0.15) is 0 Å². The van der Waals surface area contributed by atoms with Gasteiger partial charge >= 0.3 is 43.8 Å². The zero-order valence-electron chi connectivity index (χ0n) is 17.7. The van der Waals surface area contributed by atoms with Crippen LogP contribution in [0.25, 0.3) is 22.3 Å². The van der Waals surface area contributed by atoms with Crippen molar-refractivity contribution < 1.29 is 57.8 Å². The van der Waals surface area contributed by atoms with Crippen LogP contribution in [0.5, 0.6) is 5.75 Å². The summed E-state index contributed by atoms with van der Waals surface area (Å²) in [6.45, 7) is 1.58. The monoisotopic (exact) mass is 463 g/mol. The van der Waals surface area contributed by atoms with Gasteiger partial charge in [-0.05, 0) is 29.2 Å². The van der Waals surface area contributed by atoms with Crippen molar-refractivity contribution >= 4 is 25.1 Å². The minimum Gasteiger partial charge on any atom is -0.566 e. The van der Waals surface area contributed by atoms with Gasteiger partial charge in [-0.1, -0.05) is 19.1 Å². The number of benzene rings is 1. The van der Waals surface area contributed by atoms with Crippen LogP contribution in [-0.2, 0) is 37.4 Å². The van der Waals surface area contributed by atoms with E-state index in [1.54, 1.807) is 20.1 Å². The molecule has 0 aliphatic carbocycles. The summed E-state index contributed by atoms with van der Waals surface area (Å²) in [7, 11) is -1.81. The molecule has 4 heterocycles. The summed E-state index contributed by atoms with van der Waals surface area (Å²) in [6, 6.07) is 9.09. The predicted molar refractivity (Wildman–Crippen MR) is 108 cm³/mol. The fourth-order valence-electron chi connectivity index (χ4n) is 4.49. The molecule has 0 saturated heterocycles. The van der Waals surface area contributed by atoms with E-state index in [1.165, 1.54) is 4.57 Å². The number of methoxy groups -OCH3 is 1. The molecule has 1 unspecified atom stereocenters. The van der Waals surface area contributed by atoms with Crippen LogP contribution in [0.15, 0.2) is 35.1 Å². The van der Waals surface area contributed by atoms with Crippen LogP contribution >= 0.6 is 8.25 Å². The molecule has 0 fully saturated rings. The van der Waals surface area contributed by atoms with E-state index in [2.05, 4.69) is 0 Å². The van der Waals surface area contributed by atoms with Crippen molar-refractivity contribution in [2.24, 2.45) is 0 Å². The number of carbonyl (C=O) groups excluding carboxylic acids is 1. The number of carbonyl (C=O) groups is 1. The van der Waals surface area contributed by atoms with Crippen molar-refractivity contribution in [3.8, 4) is 17.1 Å². The number of cyclic esters (lactones) is 1. The van der Waals surface area contributed by atoms with E-state index in [0.29, 0.717) is 22.7 Å². The van der Waals surface area contributed by atoms with E-state index < -0.39 is 19.8 Å². The smallest absolute Gasteiger partial charge is 0.566 e. The van der Waals surface area contributed by atoms with Crippen LogP contribution in [0, 0.1) is 0 Å². The molecule has 1 aromatic carbocycles. The largest absolute Gasteiger partial charge is 1.00 e. The first kappa shape index (κ1) is 23.0. The van der Waals surface area contributed by atoms with Gasteiger partial charge < -0.3 is 18.9 Å². The SMILES string of the molecule is CC[C@@]1(O[P+](=O)[O-])C(=O)OCc2c1cc1n(c2=O)Cc2c-1nc1ccccc1c2OC.[Na+]. The van der Waals surface area contributed by atoms with Gasteiger partial charge in [0.15, 0.2) is 0 Å². The molecular weight excluding hydrogens is 446 g/mol. The van der Waals surface area contributed by atoms with Gasteiger partial charge in [0, 0.05) is 16.5 Å². The van der Waals surface area contributed by atoms with Crippen molar-refractivity contribution in [3.63, 3.8) is 0 Å². The minimum atomic E-state index is -3.37. The molecule has 2 aromatic heterocycles. The molecule has 0 spiro atoms. The van der Waals surface area contributed by atoms with Crippen LogP contribution in [0.2, 0.25) is 0 Å². The van der Waals surface area contributed by atoms with Crippen molar-refractivity contribution in [3.05, 3.63) is 57.4 Å². The second-order valence-corrected chi connectivity index (χ2v) is 8.00. The Balaban J connectivity index is 0.00000245. The van der Waals surface area contributed by atoms with Crippen LogP contribution < -0.4 is 44.7 Å². The number of fused-ring (bicyclic) bond motifs is 5. The third kappa shape index (κ3) is 3.15. The molecule has 9 nitrogen and oxygen atoms in total. The molecule has 32 heavy (non-hydrogen) atoms. The Morgan fingerprint density at radius 1 is 1.28 bits per heavy atom. The van der Waals surface area contributed by atoms with E-state index >= 15 is 0 Å². The van der Waals surface area contributed by atoms with Crippen LogP contribution in [-0.4, -0.2) is 22.6 Å². The Morgan fingerprint density at radius 3 is 2.72 bits per heavy atom. The Hall–Kier alpha value is -2.13. The Kier molecular flexibility index (Phi) is 6.00. The molecule has 3 aromatic rings. The summed E-state index contributed by atoms with van der Waals surface area (Å²) >= 11 is 0. The first-order valence-corrected chi connectivity index (χ1v) is 10.7. The molecule has 2 aliphatic rings. The summed E-state index contributed by atoms with van der Waals surface area (Å²) in [5.41, 5.74) is 0.559. The van der Waals surface area contributed by atoms with E-state index in [4.69, 9.17) is 19.0 Å². The first-order chi connectivity index (χ1) is 14.9. The van der Waals surface area contributed by atoms with Gasteiger partial charge in [-0.3, -0.25) is 4.79 Å². The Bertz CT molecular complexity index is 1360. The average molecular weight is 463 g/mol. The second kappa shape index (κ2) is 8.33. The molecule has 0 radical (unpaired) electrons. The number of para-hydroxylation sites is 1. The van der Waals surface area contributed by atoms with Crippen molar-refractivity contribution in [2.45, 2.75) is 32.1 Å². The molecular formula is C21H17N2NaO7P+. The molecule has 0 amide bonds. The summed E-state index contributed by atoms with van der Waals surface area (Å²) in [4.78, 5) is 42.1. The molecule has 0 saturated carbocycles. The van der Waals surface area contributed by atoms with Gasteiger partial charge in [-0.15, -0.1) is 4.52 Å². The van der Waals surface area contributed by atoms with Crippen molar-refractivity contribution in [2.75, 3.05) is 7.11 Å². The number of nitrogens with zero attached hydrogens (tertiary/aromatic N) is 2. The summed E-state index contributed by atoms with van der Waals surface area (Å²) in [5.74, 6) is -0.219. The number of ether oxygens (including phenoxy) is 2. The molecule has 5 rings (SSSR count). The van der Waals surface area contributed by atoms with Gasteiger partial charge in [0.05, 0.1) is 36.1 Å². The van der Waals surface area contributed by atoms with Crippen molar-refractivity contribution in [1.29, 1.82) is 0 Å². The van der Waals surface area contributed by atoms with Crippen LogP contribution in [0.4, 0.5) is 0 Å². The average Bonchev–Trinajstić information content (AvgIpc) is 3.12. The first-order valence-electron chi connectivity index (χ1n) is 9.65. The molecule has 158 valence electrons. The molecule has 11 heteroatoms. The fraction of sp³-hybridized carbons (Fsp3) is 0.286. The topological polar surface area (TPSA) is 120 Å². The van der Waals surface area contributed by atoms with Gasteiger partial charge in [0.2, 0.25) is 5.60 Å². The number of hydrogen-bond acceptors (Lipinski definition) is 8. The van der Waals surface area contributed by atoms with E-state index in [1.807, 2.05) is 24.3 Å². The maximum Gasteiger partial charge on any atom is 1.00 e. The standard InChI is InChI=1S/C21H17N2O7P.Na/c1-3-21(30-31(26)27)14-8-16-17-12(9-23(16)19(24)13(14)10-29-20(21)25)18(28-2)11-6-4-5-7-15(11)22-17;/h4-8H,3,9-10H2,1-2H3;/q;+1/t21-;/m0./s1. The Labute approximate surface area is 205 Å². The number of rotatable bonds is 4. The summed E-state index contributed by atoms with van der Waals surface area (Å²) in [6.07, 6.45) is -0.0215. The quantitative estimate of drug-likeness (QED) is 0.218. The second-order valence-electron chi connectivity index (χ2n) is 7.37.